The second-order valence-electron chi connectivity index (χ2n) is 4.11. The Hall–Kier alpha value is -0.910. The molecule has 0 amide bonds. The Morgan fingerprint density at radius 1 is 1.53 bits per heavy atom. The summed E-state index contributed by atoms with van der Waals surface area (Å²) in [4.78, 5) is 0. The summed E-state index contributed by atoms with van der Waals surface area (Å²) in [5, 5.41) is 21.1. The van der Waals surface area contributed by atoms with Crippen LogP contribution in [0.25, 0.3) is 10.9 Å². The van der Waals surface area contributed by atoms with Crippen molar-refractivity contribution in [2.45, 2.75) is 32.5 Å². The van der Waals surface area contributed by atoms with Gasteiger partial charge in [-0.2, -0.15) is 5.10 Å². The van der Waals surface area contributed by atoms with Crippen LogP contribution in [0.4, 0.5) is 0 Å². The average molecular weight is 298 g/mol. The number of fused-ring (bicyclic) bond motifs is 1. The number of nitrogens with one attached hydrogen (secondary N) is 2. The highest BCUT2D eigenvalue weighted by molar-refractivity contribution is 9.10. The molecule has 0 aliphatic heterocycles. The lowest BCUT2D eigenvalue weighted by Gasteiger charge is -2.16. The van der Waals surface area contributed by atoms with Gasteiger partial charge in [0.2, 0.25) is 0 Å². The molecular weight excluding hydrogens is 282 g/mol. The Bertz CT molecular complexity index is 511. The quantitative estimate of drug-likeness (QED) is 0.761. The van der Waals surface area contributed by atoms with Gasteiger partial charge in [0.05, 0.1) is 11.2 Å². The van der Waals surface area contributed by atoms with Gasteiger partial charge in [-0.05, 0) is 31.5 Å². The number of benzene rings is 1. The Kier molecular flexibility index (Phi) is 3.81. The molecular formula is C12H16BrN3O. The molecule has 0 aliphatic carbocycles. The van der Waals surface area contributed by atoms with Crippen LogP contribution in [0.1, 0.15) is 32.0 Å². The summed E-state index contributed by atoms with van der Waals surface area (Å²) in [5.41, 5.74) is 1.93. The van der Waals surface area contributed by atoms with Gasteiger partial charge in [-0.1, -0.05) is 22.9 Å². The fourth-order valence-electron chi connectivity index (χ4n) is 1.83. The van der Waals surface area contributed by atoms with E-state index >= 15 is 0 Å². The largest absolute Gasteiger partial charge is 0.379 e. The van der Waals surface area contributed by atoms with E-state index in [4.69, 9.17) is 0 Å². The monoisotopic (exact) mass is 297 g/mol. The molecule has 0 bridgehead atoms. The van der Waals surface area contributed by atoms with Gasteiger partial charge in [-0.25, -0.2) is 0 Å². The molecule has 2 atom stereocenters. The van der Waals surface area contributed by atoms with Crippen LogP contribution < -0.4 is 5.32 Å². The zero-order valence-electron chi connectivity index (χ0n) is 9.87. The number of aliphatic hydroxyl groups is 1. The zero-order chi connectivity index (χ0) is 12.4. The molecule has 17 heavy (non-hydrogen) atoms. The van der Waals surface area contributed by atoms with E-state index in [1.165, 1.54) is 0 Å². The fraction of sp³-hybridized carbons (Fsp3) is 0.417. The number of aliphatic hydroxyl groups excluding tert-OH is 1. The van der Waals surface area contributed by atoms with E-state index in [-0.39, 0.29) is 6.04 Å². The number of hydrogen-bond donors (Lipinski definition) is 3. The topological polar surface area (TPSA) is 60.9 Å². The Morgan fingerprint density at radius 2 is 2.29 bits per heavy atom. The first-order valence-corrected chi connectivity index (χ1v) is 6.48. The molecule has 1 heterocycles. The van der Waals surface area contributed by atoms with Crippen LogP contribution in [0.5, 0.6) is 0 Å². The van der Waals surface area contributed by atoms with Crippen molar-refractivity contribution in [2.75, 3.05) is 0 Å². The lowest BCUT2D eigenvalue weighted by atomic mass is 10.1. The average Bonchev–Trinajstić information content (AvgIpc) is 2.71. The first kappa shape index (κ1) is 12.5. The Balaban J connectivity index is 2.29. The van der Waals surface area contributed by atoms with Crippen molar-refractivity contribution >= 4 is 26.8 Å². The SMILES string of the molecule is CC[C@H](O)N[C@@H](C)c1[nH]nc2cc(Br)ccc12. The van der Waals surface area contributed by atoms with Crippen LogP contribution in [-0.2, 0) is 0 Å². The number of rotatable bonds is 4. The van der Waals surface area contributed by atoms with Crippen LogP contribution in [0.15, 0.2) is 22.7 Å². The molecule has 1 aromatic carbocycles. The minimum Gasteiger partial charge on any atom is -0.379 e. The number of hydrogen-bond acceptors (Lipinski definition) is 3. The third-order valence-electron chi connectivity index (χ3n) is 2.81. The fourth-order valence-corrected chi connectivity index (χ4v) is 2.17. The highest BCUT2D eigenvalue weighted by Crippen LogP contribution is 2.24. The van der Waals surface area contributed by atoms with Crippen LogP contribution in [-0.4, -0.2) is 21.5 Å². The van der Waals surface area contributed by atoms with Gasteiger partial charge < -0.3 is 5.11 Å². The van der Waals surface area contributed by atoms with E-state index in [1.807, 2.05) is 32.0 Å². The van der Waals surface area contributed by atoms with E-state index in [0.29, 0.717) is 6.42 Å². The van der Waals surface area contributed by atoms with E-state index in [9.17, 15) is 5.11 Å². The number of aromatic nitrogens is 2. The molecule has 2 aromatic rings. The molecule has 3 N–H and O–H groups in total. The standard InChI is InChI=1S/C12H16BrN3O/c1-3-11(17)14-7(2)12-9-5-4-8(13)6-10(9)15-16-12/h4-7,11,14,17H,3H2,1-2H3,(H,15,16)/t7-,11-/m0/s1. The molecule has 1 aromatic heterocycles. The summed E-state index contributed by atoms with van der Waals surface area (Å²) in [5.74, 6) is 0. The van der Waals surface area contributed by atoms with Gasteiger partial charge >= 0.3 is 0 Å². The molecule has 0 spiro atoms. The van der Waals surface area contributed by atoms with E-state index in [0.717, 1.165) is 21.1 Å². The van der Waals surface area contributed by atoms with Crippen molar-refractivity contribution in [3.8, 4) is 0 Å². The molecule has 4 nitrogen and oxygen atoms in total. The number of nitrogens with zero attached hydrogens (tertiary/aromatic N) is 1. The van der Waals surface area contributed by atoms with E-state index in [2.05, 4.69) is 31.4 Å². The Morgan fingerprint density at radius 3 is 3.00 bits per heavy atom. The van der Waals surface area contributed by atoms with E-state index < -0.39 is 6.23 Å². The minimum absolute atomic E-state index is 0.0381. The first-order valence-electron chi connectivity index (χ1n) is 5.69. The number of H-pyrrole nitrogens is 1. The number of halogens is 1. The molecule has 0 aliphatic rings. The molecule has 92 valence electrons. The predicted octanol–water partition coefficient (Wildman–Crippen LogP) is 2.70. The third-order valence-corrected chi connectivity index (χ3v) is 3.30. The lowest BCUT2D eigenvalue weighted by molar-refractivity contribution is 0.120. The molecule has 0 fully saturated rings. The second-order valence-corrected chi connectivity index (χ2v) is 5.03. The van der Waals surface area contributed by atoms with Crippen molar-refractivity contribution in [1.29, 1.82) is 0 Å². The van der Waals surface area contributed by atoms with Gasteiger partial charge in [0.1, 0.15) is 6.23 Å². The molecule has 0 saturated carbocycles. The maximum absolute atomic E-state index is 9.59. The smallest absolute Gasteiger partial charge is 0.105 e. The second kappa shape index (κ2) is 5.16. The molecule has 0 radical (unpaired) electrons. The van der Waals surface area contributed by atoms with Gasteiger partial charge in [0.25, 0.3) is 0 Å². The summed E-state index contributed by atoms with van der Waals surface area (Å²) < 4.78 is 1.01. The summed E-state index contributed by atoms with van der Waals surface area (Å²) in [6.45, 7) is 3.94. The maximum Gasteiger partial charge on any atom is 0.105 e. The summed E-state index contributed by atoms with van der Waals surface area (Å²) >= 11 is 3.42. The van der Waals surface area contributed by atoms with Crippen molar-refractivity contribution < 1.29 is 5.11 Å². The van der Waals surface area contributed by atoms with Gasteiger partial charge in [0.15, 0.2) is 0 Å². The van der Waals surface area contributed by atoms with Gasteiger partial charge in [0, 0.05) is 15.9 Å². The Labute approximate surface area is 109 Å². The van der Waals surface area contributed by atoms with Crippen molar-refractivity contribution in [3.05, 3.63) is 28.4 Å². The highest BCUT2D eigenvalue weighted by atomic mass is 79.9. The zero-order valence-corrected chi connectivity index (χ0v) is 11.5. The minimum atomic E-state index is -0.487. The van der Waals surface area contributed by atoms with Gasteiger partial charge in [-0.3, -0.25) is 10.4 Å². The third kappa shape index (κ3) is 2.68. The molecule has 2 rings (SSSR count). The van der Waals surface area contributed by atoms with Crippen LogP contribution in [0.3, 0.4) is 0 Å². The van der Waals surface area contributed by atoms with Crippen LogP contribution >= 0.6 is 15.9 Å². The normalized spacial score (nSPS) is 15.1. The van der Waals surface area contributed by atoms with Crippen LogP contribution in [0.2, 0.25) is 0 Å². The van der Waals surface area contributed by atoms with Crippen molar-refractivity contribution in [1.82, 2.24) is 15.5 Å². The molecule has 5 heteroatoms. The summed E-state index contributed by atoms with van der Waals surface area (Å²) in [6, 6.07) is 6.02. The van der Waals surface area contributed by atoms with Gasteiger partial charge in [-0.15, -0.1) is 0 Å². The van der Waals surface area contributed by atoms with Crippen molar-refractivity contribution in [3.63, 3.8) is 0 Å². The van der Waals surface area contributed by atoms with E-state index in [1.54, 1.807) is 0 Å². The lowest BCUT2D eigenvalue weighted by Crippen LogP contribution is -2.30. The van der Waals surface area contributed by atoms with Crippen molar-refractivity contribution in [2.24, 2.45) is 0 Å². The summed E-state index contributed by atoms with van der Waals surface area (Å²) in [6.07, 6.45) is 0.195. The van der Waals surface area contributed by atoms with Crippen LogP contribution in [0, 0.1) is 0 Å². The molecule has 0 unspecified atom stereocenters. The predicted molar refractivity (Wildman–Crippen MR) is 71.6 cm³/mol. The summed E-state index contributed by atoms with van der Waals surface area (Å²) in [7, 11) is 0. The molecule has 0 saturated heterocycles. The first-order chi connectivity index (χ1) is 8.11. The highest BCUT2D eigenvalue weighted by Gasteiger charge is 2.14. The maximum atomic E-state index is 9.59. The number of aromatic amines is 1.